The van der Waals surface area contributed by atoms with E-state index in [9.17, 15) is 13.2 Å². The molecule has 20 heavy (non-hydrogen) atoms. The van der Waals surface area contributed by atoms with E-state index in [0.717, 1.165) is 18.3 Å². The highest BCUT2D eigenvalue weighted by Gasteiger charge is 2.31. The molecule has 1 aromatic heterocycles. The molecule has 0 fully saturated rings. The Labute approximate surface area is 122 Å². The number of aromatic nitrogens is 1. The SMILES string of the molecule is Nc1cc(Cl)c(Cl)cc1Oc1cc(C(F)(F)F)ccn1. The molecule has 0 unspecified atom stereocenters. The van der Waals surface area contributed by atoms with Crippen molar-refractivity contribution >= 4 is 28.9 Å². The molecule has 2 rings (SSSR count). The number of pyridine rings is 1. The van der Waals surface area contributed by atoms with Gasteiger partial charge in [-0.2, -0.15) is 13.2 Å². The molecular formula is C12H7Cl2F3N2O. The highest BCUT2D eigenvalue weighted by atomic mass is 35.5. The summed E-state index contributed by atoms with van der Waals surface area (Å²) in [6.07, 6.45) is -3.49. The summed E-state index contributed by atoms with van der Waals surface area (Å²) in [5, 5.41) is 0.386. The van der Waals surface area contributed by atoms with Crippen molar-refractivity contribution in [2.24, 2.45) is 0 Å². The van der Waals surface area contributed by atoms with Gasteiger partial charge in [-0.15, -0.1) is 0 Å². The molecule has 0 aliphatic carbocycles. The fraction of sp³-hybridized carbons (Fsp3) is 0.0833. The molecule has 0 spiro atoms. The molecule has 106 valence electrons. The van der Waals surface area contributed by atoms with Crippen molar-refractivity contribution in [3.05, 3.63) is 46.1 Å². The summed E-state index contributed by atoms with van der Waals surface area (Å²) < 4.78 is 42.9. The number of halogens is 5. The number of hydrogen-bond donors (Lipinski definition) is 1. The molecule has 0 aliphatic rings. The number of nitrogens with zero attached hydrogens (tertiary/aromatic N) is 1. The van der Waals surface area contributed by atoms with Gasteiger partial charge in [-0.05, 0) is 12.1 Å². The molecule has 3 nitrogen and oxygen atoms in total. The summed E-state index contributed by atoms with van der Waals surface area (Å²) in [6, 6.07) is 4.25. The fourth-order valence-electron chi connectivity index (χ4n) is 1.39. The highest BCUT2D eigenvalue weighted by molar-refractivity contribution is 6.42. The van der Waals surface area contributed by atoms with Crippen molar-refractivity contribution in [1.82, 2.24) is 4.98 Å². The van der Waals surface area contributed by atoms with Crippen molar-refractivity contribution in [3.63, 3.8) is 0 Å². The molecular weight excluding hydrogens is 316 g/mol. The second-order valence-corrected chi connectivity index (χ2v) is 4.60. The number of rotatable bonds is 2. The minimum atomic E-state index is -4.48. The lowest BCUT2D eigenvalue weighted by Gasteiger charge is -2.11. The van der Waals surface area contributed by atoms with Gasteiger partial charge in [0.1, 0.15) is 0 Å². The van der Waals surface area contributed by atoms with Gasteiger partial charge in [-0.25, -0.2) is 4.98 Å². The number of nitrogen functional groups attached to an aromatic ring is 1. The van der Waals surface area contributed by atoms with Crippen LogP contribution in [0, 0.1) is 0 Å². The monoisotopic (exact) mass is 322 g/mol. The first-order valence-corrected chi connectivity index (χ1v) is 5.98. The van der Waals surface area contributed by atoms with Crippen LogP contribution in [0.5, 0.6) is 11.6 Å². The zero-order chi connectivity index (χ0) is 14.9. The van der Waals surface area contributed by atoms with Crippen molar-refractivity contribution in [2.75, 3.05) is 5.73 Å². The number of hydrogen-bond acceptors (Lipinski definition) is 3. The maximum Gasteiger partial charge on any atom is 0.416 e. The Morgan fingerprint density at radius 1 is 1.10 bits per heavy atom. The quantitative estimate of drug-likeness (QED) is 0.809. The molecule has 0 amide bonds. The van der Waals surface area contributed by atoms with Gasteiger partial charge < -0.3 is 10.5 Å². The Morgan fingerprint density at radius 3 is 2.40 bits per heavy atom. The largest absolute Gasteiger partial charge is 0.437 e. The third-order valence-corrected chi connectivity index (χ3v) is 3.05. The third kappa shape index (κ3) is 3.26. The molecule has 0 aliphatic heterocycles. The van der Waals surface area contributed by atoms with Crippen LogP contribution in [0.3, 0.4) is 0 Å². The molecule has 0 saturated carbocycles. The summed E-state index contributed by atoms with van der Waals surface area (Å²) in [5.41, 5.74) is 4.91. The first-order valence-electron chi connectivity index (χ1n) is 5.23. The van der Waals surface area contributed by atoms with Gasteiger partial charge in [0.05, 0.1) is 21.3 Å². The normalized spacial score (nSPS) is 11.4. The molecule has 0 saturated heterocycles. The van der Waals surface area contributed by atoms with Gasteiger partial charge in [-0.1, -0.05) is 23.2 Å². The first-order chi connectivity index (χ1) is 9.27. The van der Waals surface area contributed by atoms with Gasteiger partial charge in [0, 0.05) is 18.3 Å². The Bertz CT molecular complexity index is 647. The van der Waals surface area contributed by atoms with E-state index in [1.165, 1.54) is 12.1 Å². The van der Waals surface area contributed by atoms with Crippen LogP contribution in [0.2, 0.25) is 10.0 Å². The van der Waals surface area contributed by atoms with Crippen molar-refractivity contribution < 1.29 is 17.9 Å². The van der Waals surface area contributed by atoms with Gasteiger partial charge in [0.25, 0.3) is 0 Å². The Morgan fingerprint density at radius 2 is 1.75 bits per heavy atom. The number of nitrogens with two attached hydrogens (primary N) is 1. The Kier molecular flexibility index (Phi) is 3.96. The molecule has 2 N–H and O–H groups in total. The topological polar surface area (TPSA) is 48.1 Å². The van der Waals surface area contributed by atoms with Crippen molar-refractivity contribution in [1.29, 1.82) is 0 Å². The summed E-state index contributed by atoms with van der Waals surface area (Å²) in [7, 11) is 0. The van der Waals surface area contributed by atoms with Gasteiger partial charge in [0.2, 0.25) is 5.88 Å². The molecule has 2 aromatic rings. The second-order valence-electron chi connectivity index (χ2n) is 3.79. The van der Waals surface area contributed by atoms with Crippen molar-refractivity contribution in [2.45, 2.75) is 6.18 Å². The van der Waals surface area contributed by atoms with Gasteiger partial charge in [-0.3, -0.25) is 0 Å². The Balaban J connectivity index is 2.33. The summed E-state index contributed by atoms with van der Waals surface area (Å²) >= 11 is 11.5. The molecule has 0 bridgehead atoms. The van der Waals surface area contributed by atoms with E-state index in [-0.39, 0.29) is 27.4 Å². The lowest BCUT2D eigenvalue weighted by molar-refractivity contribution is -0.137. The van der Waals surface area contributed by atoms with E-state index in [1.807, 2.05) is 0 Å². The van der Waals surface area contributed by atoms with Crippen LogP contribution in [0.1, 0.15) is 5.56 Å². The first kappa shape index (κ1) is 14.7. The van der Waals surface area contributed by atoms with Gasteiger partial charge >= 0.3 is 6.18 Å². The lowest BCUT2D eigenvalue weighted by atomic mass is 10.2. The minimum absolute atomic E-state index is 0.0752. The smallest absolute Gasteiger partial charge is 0.416 e. The van der Waals surface area contributed by atoms with E-state index in [1.54, 1.807) is 0 Å². The Hall–Kier alpha value is -1.66. The molecule has 0 atom stereocenters. The fourth-order valence-corrected chi connectivity index (χ4v) is 1.71. The highest BCUT2D eigenvalue weighted by Crippen LogP contribution is 2.36. The van der Waals surface area contributed by atoms with E-state index >= 15 is 0 Å². The summed E-state index contributed by atoms with van der Waals surface area (Å²) in [6.45, 7) is 0. The number of ether oxygens (including phenoxy) is 1. The molecule has 1 aromatic carbocycles. The van der Waals surface area contributed by atoms with E-state index in [0.29, 0.717) is 0 Å². The number of anilines is 1. The lowest BCUT2D eigenvalue weighted by Crippen LogP contribution is -2.05. The van der Waals surface area contributed by atoms with E-state index in [2.05, 4.69) is 4.98 Å². The number of alkyl halides is 3. The van der Waals surface area contributed by atoms with Crippen LogP contribution in [-0.2, 0) is 6.18 Å². The maximum atomic E-state index is 12.6. The summed E-state index contributed by atoms with van der Waals surface area (Å²) in [4.78, 5) is 3.69. The molecule has 1 heterocycles. The summed E-state index contributed by atoms with van der Waals surface area (Å²) in [5.74, 6) is -0.170. The maximum absolute atomic E-state index is 12.6. The zero-order valence-corrected chi connectivity index (χ0v) is 11.2. The molecule has 0 radical (unpaired) electrons. The van der Waals surface area contributed by atoms with Crippen LogP contribution in [0.15, 0.2) is 30.5 Å². The van der Waals surface area contributed by atoms with Crippen LogP contribution in [0.4, 0.5) is 18.9 Å². The van der Waals surface area contributed by atoms with E-state index in [4.69, 9.17) is 33.7 Å². The molecule has 8 heteroatoms. The van der Waals surface area contributed by atoms with Crippen LogP contribution >= 0.6 is 23.2 Å². The average molecular weight is 323 g/mol. The van der Waals surface area contributed by atoms with Gasteiger partial charge in [0.15, 0.2) is 5.75 Å². The standard InChI is InChI=1S/C12H7Cl2F3N2O/c13-7-4-9(18)10(5-8(7)14)20-11-3-6(1-2-19-11)12(15,16)17/h1-5H,18H2. The predicted octanol–water partition coefficient (Wildman–Crippen LogP) is 4.78. The third-order valence-electron chi connectivity index (χ3n) is 2.33. The minimum Gasteiger partial charge on any atom is -0.437 e. The van der Waals surface area contributed by atoms with E-state index < -0.39 is 11.7 Å². The zero-order valence-electron chi connectivity index (χ0n) is 9.71. The van der Waals surface area contributed by atoms with Crippen LogP contribution < -0.4 is 10.5 Å². The van der Waals surface area contributed by atoms with Crippen LogP contribution in [-0.4, -0.2) is 4.98 Å². The number of benzene rings is 1. The second kappa shape index (κ2) is 5.38. The van der Waals surface area contributed by atoms with Crippen LogP contribution in [0.25, 0.3) is 0 Å². The van der Waals surface area contributed by atoms with Crippen molar-refractivity contribution in [3.8, 4) is 11.6 Å². The predicted molar refractivity (Wildman–Crippen MR) is 70.2 cm³/mol. The average Bonchev–Trinajstić information content (AvgIpc) is 2.35.